The summed E-state index contributed by atoms with van der Waals surface area (Å²) in [7, 11) is 0. The molecule has 0 amide bonds. The van der Waals surface area contributed by atoms with Gasteiger partial charge in [0.25, 0.3) is 0 Å². The van der Waals surface area contributed by atoms with Gasteiger partial charge in [0.15, 0.2) is 0 Å². The van der Waals surface area contributed by atoms with E-state index in [4.69, 9.17) is 4.74 Å². The molecule has 0 bridgehead atoms. The quantitative estimate of drug-likeness (QED) is 0.793. The highest BCUT2D eigenvalue weighted by Gasteiger charge is 2.12. The molecule has 0 saturated carbocycles. The van der Waals surface area contributed by atoms with E-state index < -0.39 is 0 Å². The van der Waals surface area contributed by atoms with E-state index in [0.29, 0.717) is 23.9 Å². The molecule has 0 aromatic carbocycles. The van der Waals surface area contributed by atoms with Gasteiger partial charge in [0.2, 0.25) is 11.8 Å². The predicted molar refractivity (Wildman–Crippen MR) is 83.3 cm³/mol. The summed E-state index contributed by atoms with van der Waals surface area (Å²) in [5.41, 5.74) is 0. The van der Waals surface area contributed by atoms with E-state index in [0.717, 1.165) is 13.1 Å². The minimum absolute atomic E-state index is 0.120. The molecule has 1 rings (SSSR count). The van der Waals surface area contributed by atoms with Crippen LogP contribution in [0.1, 0.15) is 41.5 Å². The third-order valence-electron chi connectivity index (χ3n) is 2.97. The summed E-state index contributed by atoms with van der Waals surface area (Å²) in [6.45, 7) is 14.6. The van der Waals surface area contributed by atoms with E-state index in [1.807, 2.05) is 13.8 Å². The fourth-order valence-corrected chi connectivity index (χ4v) is 2.14. The van der Waals surface area contributed by atoms with Gasteiger partial charge in [-0.25, -0.2) is 4.98 Å². The molecule has 1 heterocycles. The van der Waals surface area contributed by atoms with Crippen molar-refractivity contribution in [3.8, 4) is 5.88 Å². The zero-order valence-corrected chi connectivity index (χ0v) is 13.6. The van der Waals surface area contributed by atoms with Crippen molar-refractivity contribution in [1.29, 1.82) is 0 Å². The first kappa shape index (κ1) is 16.7. The maximum Gasteiger partial charge on any atom is 0.225 e. The molecule has 0 spiro atoms. The fourth-order valence-electron chi connectivity index (χ4n) is 2.14. The van der Waals surface area contributed by atoms with Gasteiger partial charge in [-0.2, -0.15) is 4.98 Å². The van der Waals surface area contributed by atoms with Gasteiger partial charge >= 0.3 is 0 Å². The third-order valence-corrected chi connectivity index (χ3v) is 2.97. The monoisotopic (exact) mass is 280 g/mol. The molecule has 5 heteroatoms. The Kier molecular flexibility index (Phi) is 6.71. The molecule has 0 atom stereocenters. The highest BCUT2D eigenvalue weighted by atomic mass is 16.5. The van der Waals surface area contributed by atoms with Crippen molar-refractivity contribution < 1.29 is 4.74 Å². The second-order valence-electron chi connectivity index (χ2n) is 5.74. The number of hydrogen-bond acceptors (Lipinski definition) is 5. The molecule has 0 aliphatic carbocycles. The zero-order valence-electron chi connectivity index (χ0n) is 13.6. The number of rotatable bonds is 8. The van der Waals surface area contributed by atoms with Crippen molar-refractivity contribution >= 4 is 5.95 Å². The van der Waals surface area contributed by atoms with Crippen molar-refractivity contribution in [3.05, 3.63) is 12.3 Å². The average Bonchev–Trinajstić information content (AvgIpc) is 2.33. The Morgan fingerprint density at radius 1 is 1.15 bits per heavy atom. The van der Waals surface area contributed by atoms with Gasteiger partial charge in [-0.05, 0) is 41.5 Å². The number of ether oxygens (including phenoxy) is 1. The van der Waals surface area contributed by atoms with Crippen molar-refractivity contribution in [3.63, 3.8) is 0 Å². The van der Waals surface area contributed by atoms with Crippen molar-refractivity contribution in [2.75, 3.05) is 18.4 Å². The van der Waals surface area contributed by atoms with Gasteiger partial charge in [-0.1, -0.05) is 0 Å². The summed E-state index contributed by atoms with van der Waals surface area (Å²) < 4.78 is 5.56. The Bertz CT molecular complexity index is 385. The number of anilines is 1. The number of hydrogen-bond donors (Lipinski definition) is 1. The van der Waals surface area contributed by atoms with Crippen LogP contribution < -0.4 is 10.1 Å². The molecular formula is C15H28N4O. The van der Waals surface area contributed by atoms with Gasteiger partial charge in [0.1, 0.15) is 0 Å². The third kappa shape index (κ3) is 5.74. The van der Waals surface area contributed by atoms with Crippen LogP contribution in [0.25, 0.3) is 0 Å². The molecule has 0 saturated heterocycles. The molecule has 1 aromatic heterocycles. The molecule has 0 radical (unpaired) electrons. The number of nitrogens with zero attached hydrogens (tertiary/aromatic N) is 3. The predicted octanol–water partition coefficient (Wildman–Crippen LogP) is 2.79. The summed E-state index contributed by atoms with van der Waals surface area (Å²) in [6, 6.07) is 2.85. The van der Waals surface area contributed by atoms with E-state index in [2.05, 4.69) is 47.9 Å². The minimum Gasteiger partial charge on any atom is -0.475 e. The Morgan fingerprint density at radius 3 is 2.35 bits per heavy atom. The highest BCUT2D eigenvalue weighted by Crippen LogP contribution is 2.10. The SMILES string of the molecule is CC(C)Oc1ccnc(NCCN(C(C)C)C(C)C)n1. The van der Waals surface area contributed by atoms with E-state index >= 15 is 0 Å². The molecule has 0 unspecified atom stereocenters. The topological polar surface area (TPSA) is 50.3 Å². The van der Waals surface area contributed by atoms with Crippen LogP contribution in [0.3, 0.4) is 0 Å². The first-order valence-electron chi connectivity index (χ1n) is 7.39. The van der Waals surface area contributed by atoms with Gasteiger partial charge in [0.05, 0.1) is 6.10 Å². The number of aromatic nitrogens is 2. The maximum absolute atomic E-state index is 5.56. The lowest BCUT2D eigenvalue weighted by Crippen LogP contribution is -2.40. The first-order chi connectivity index (χ1) is 9.40. The molecule has 1 N–H and O–H groups in total. The summed E-state index contributed by atoms with van der Waals surface area (Å²) >= 11 is 0. The van der Waals surface area contributed by atoms with Crippen LogP contribution in [0.15, 0.2) is 12.3 Å². The Labute approximate surface area is 122 Å². The summed E-state index contributed by atoms with van der Waals surface area (Å²) in [5.74, 6) is 1.23. The van der Waals surface area contributed by atoms with Crippen LogP contribution in [0.2, 0.25) is 0 Å². The van der Waals surface area contributed by atoms with Crippen LogP contribution in [0, 0.1) is 0 Å². The minimum atomic E-state index is 0.120. The van der Waals surface area contributed by atoms with Crippen LogP contribution in [-0.4, -0.2) is 46.1 Å². The smallest absolute Gasteiger partial charge is 0.225 e. The lowest BCUT2D eigenvalue weighted by atomic mass is 10.2. The molecule has 0 aliphatic rings. The average molecular weight is 280 g/mol. The highest BCUT2D eigenvalue weighted by molar-refractivity contribution is 5.27. The summed E-state index contributed by atoms with van der Waals surface area (Å²) in [4.78, 5) is 11.0. The summed E-state index contributed by atoms with van der Waals surface area (Å²) in [5, 5.41) is 3.25. The van der Waals surface area contributed by atoms with Crippen LogP contribution in [-0.2, 0) is 0 Å². The Balaban J connectivity index is 2.49. The largest absolute Gasteiger partial charge is 0.475 e. The van der Waals surface area contributed by atoms with Gasteiger partial charge < -0.3 is 10.1 Å². The van der Waals surface area contributed by atoms with Crippen molar-refractivity contribution in [2.45, 2.75) is 59.7 Å². The first-order valence-corrected chi connectivity index (χ1v) is 7.39. The van der Waals surface area contributed by atoms with Gasteiger partial charge in [-0.3, -0.25) is 4.90 Å². The molecule has 0 aliphatic heterocycles. The molecule has 5 nitrogen and oxygen atoms in total. The lowest BCUT2D eigenvalue weighted by Gasteiger charge is -2.30. The second kappa shape index (κ2) is 8.04. The molecule has 114 valence electrons. The van der Waals surface area contributed by atoms with Gasteiger partial charge in [0, 0.05) is 37.4 Å². The molecule has 20 heavy (non-hydrogen) atoms. The van der Waals surface area contributed by atoms with Crippen molar-refractivity contribution in [2.24, 2.45) is 0 Å². The van der Waals surface area contributed by atoms with E-state index in [9.17, 15) is 0 Å². The van der Waals surface area contributed by atoms with Crippen LogP contribution in [0.5, 0.6) is 5.88 Å². The van der Waals surface area contributed by atoms with Crippen molar-refractivity contribution in [1.82, 2.24) is 14.9 Å². The molecular weight excluding hydrogens is 252 g/mol. The van der Waals surface area contributed by atoms with E-state index in [1.165, 1.54) is 0 Å². The fraction of sp³-hybridized carbons (Fsp3) is 0.733. The molecule has 0 fully saturated rings. The maximum atomic E-state index is 5.56. The second-order valence-corrected chi connectivity index (χ2v) is 5.74. The standard InChI is InChI=1S/C15H28N4O/c1-11(2)19(12(3)4)10-9-17-15-16-8-7-14(18-15)20-13(5)6/h7-8,11-13H,9-10H2,1-6H3,(H,16,17,18). The Hall–Kier alpha value is -1.36. The van der Waals surface area contributed by atoms with Crippen LogP contribution in [0.4, 0.5) is 5.95 Å². The Morgan fingerprint density at radius 2 is 1.80 bits per heavy atom. The normalized spacial score (nSPS) is 11.7. The van der Waals surface area contributed by atoms with Crippen LogP contribution >= 0.6 is 0 Å². The van der Waals surface area contributed by atoms with E-state index in [-0.39, 0.29) is 6.10 Å². The van der Waals surface area contributed by atoms with Gasteiger partial charge in [-0.15, -0.1) is 0 Å². The molecule has 1 aromatic rings. The number of nitrogens with one attached hydrogen (secondary N) is 1. The zero-order chi connectivity index (χ0) is 15.1. The lowest BCUT2D eigenvalue weighted by molar-refractivity contribution is 0.182. The summed E-state index contributed by atoms with van der Waals surface area (Å²) in [6.07, 6.45) is 1.84. The van der Waals surface area contributed by atoms with E-state index in [1.54, 1.807) is 12.3 Å².